The van der Waals surface area contributed by atoms with E-state index in [4.69, 9.17) is 4.74 Å². The van der Waals surface area contributed by atoms with Gasteiger partial charge in [0, 0.05) is 24.8 Å². The van der Waals surface area contributed by atoms with Crippen LogP contribution in [0, 0.1) is 0 Å². The van der Waals surface area contributed by atoms with Crippen molar-refractivity contribution in [3.05, 3.63) is 42.7 Å². The number of esters is 1. The number of hydrogen-bond donors (Lipinski definition) is 0. The number of hydrogen-bond acceptors (Lipinski definition) is 4. The van der Waals surface area contributed by atoms with Crippen molar-refractivity contribution >= 4 is 5.97 Å². The highest BCUT2D eigenvalue weighted by molar-refractivity contribution is 5.86. The van der Waals surface area contributed by atoms with Crippen LogP contribution in [0.1, 0.15) is 17.5 Å². The Bertz CT molecular complexity index is 479. The molecule has 0 aliphatic heterocycles. The molecule has 0 aliphatic carbocycles. The smallest absolute Gasteiger partial charge is 0.374 e. The number of imidazole rings is 1. The third-order valence-corrected chi connectivity index (χ3v) is 2.04. The second-order valence-corrected chi connectivity index (χ2v) is 3.05. The van der Waals surface area contributed by atoms with Crippen molar-refractivity contribution in [1.29, 1.82) is 0 Å². The lowest BCUT2D eigenvalue weighted by Gasteiger charge is -2.06. The van der Waals surface area contributed by atoms with Gasteiger partial charge in [-0.1, -0.05) is 0 Å². The molecule has 0 fully saturated rings. The Kier molecular flexibility index (Phi) is 2.95. The van der Waals surface area contributed by atoms with Crippen LogP contribution in [0.15, 0.2) is 36.9 Å². The minimum atomic E-state index is -0.427. The van der Waals surface area contributed by atoms with Gasteiger partial charge in [0.1, 0.15) is 0 Å². The van der Waals surface area contributed by atoms with Gasteiger partial charge in [-0.3, -0.25) is 9.55 Å². The van der Waals surface area contributed by atoms with E-state index in [-0.39, 0.29) is 5.82 Å². The highest BCUT2D eigenvalue weighted by atomic mass is 16.5. The van der Waals surface area contributed by atoms with E-state index in [1.54, 1.807) is 48.4 Å². The minimum Gasteiger partial charge on any atom is -0.460 e. The van der Waals surface area contributed by atoms with Gasteiger partial charge in [-0.2, -0.15) is 0 Å². The van der Waals surface area contributed by atoms with Gasteiger partial charge in [0.05, 0.1) is 12.3 Å². The summed E-state index contributed by atoms with van der Waals surface area (Å²) in [7, 11) is 0. The number of nitrogens with zero attached hydrogens (tertiary/aromatic N) is 3. The number of carbonyl (C=O) groups is 1. The van der Waals surface area contributed by atoms with Crippen LogP contribution in [-0.4, -0.2) is 27.1 Å². The van der Waals surface area contributed by atoms with Crippen molar-refractivity contribution in [3.8, 4) is 5.69 Å². The van der Waals surface area contributed by atoms with E-state index in [2.05, 4.69) is 9.97 Å². The topological polar surface area (TPSA) is 57.0 Å². The van der Waals surface area contributed by atoms with E-state index in [0.29, 0.717) is 6.61 Å². The minimum absolute atomic E-state index is 0.271. The highest BCUT2D eigenvalue weighted by Crippen LogP contribution is 2.09. The number of aromatic nitrogens is 3. The predicted octanol–water partition coefficient (Wildman–Crippen LogP) is 1.44. The van der Waals surface area contributed by atoms with Crippen molar-refractivity contribution in [2.24, 2.45) is 0 Å². The summed E-state index contributed by atoms with van der Waals surface area (Å²) in [4.78, 5) is 19.5. The SMILES string of the molecule is CCOC(=O)c1nccn1-c1ccncc1. The molecule has 0 radical (unpaired) electrons. The lowest BCUT2D eigenvalue weighted by Crippen LogP contribution is -2.12. The van der Waals surface area contributed by atoms with Crippen LogP contribution in [-0.2, 0) is 4.74 Å². The second kappa shape index (κ2) is 4.57. The van der Waals surface area contributed by atoms with Gasteiger partial charge in [-0.05, 0) is 19.1 Å². The fraction of sp³-hybridized carbons (Fsp3) is 0.182. The number of ether oxygens (including phenoxy) is 1. The van der Waals surface area contributed by atoms with Gasteiger partial charge in [-0.15, -0.1) is 0 Å². The average molecular weight is 217 g/mol. The number of pyridine rings is 1. The molecule has 0 bridgehead atoms. The Morgan fingerprint density at radius 2 is 2.12 bits per heavy atom. The van der Waals surface area contributed by atoms with Crippen molar-refractivity contribution in [2.75, 3.05) is 6.61 Å². The lowest BCUT2D eigenvalue weighted by molar-refractivity contribution is 0.0510. The van der Waals surface area contributed by atoms with Gasteiger partial charge in [0.2, 0.25) is 5.82 Å². The molecule has 0 spiro atoms. The summed E-state index contributed by atoms with van der Waals surface area (Å²) >= 11 is 0. The Hall–Kier alpha value is -2.17. The van der Waals surface area contributed by atoms with Gasteiger partial charge in [0.25, 0.3) is 0 Å². The summed E-state index contributed by atoms with van der Waals surface area (Å²) < 4.78 is 6.58. The number of carbonyl (C=O) groups excluding carboxylic acids is 1. The van der Waals surface area contributed by atoms with E-state index in [1.807, 2.05) is 0 Å². The maximum absolute atomic E-state index is 11.6. The summed E-state index contributed by atoms with van der Waals surface area (Å²) in [6.07, 6.45) is 6.59. The molecule has 16 heavy (non-hydrogen) atoms. The van der Waals surface area contributed by atoms with Gasteiger partial charge < -0.3 is 4.74 Å². The first-order chi connectivity index (χ1) is 7.83. The van der Waals surface area contributed by atoms with Crippen molar-refractivity contribution in [1.82, 2.24) is 14.5 Å². The van der Waals surface area contributed by atoms with Crippen molar-refractivity contribution < 1.29 is 9.53 Å². The van der Waals surface area contributed by atoms with E-state index in [1.165, 1.54) is 0 Å². The average Bonchev–Trinajstić information content (AvgIpc) is 2.79. The lowest BCUT2D eigenvalue weighted by atomic mass is 10.4. The Morgan fingerprint density at radius 3 is 2.81 bits per heavy atom. The van der Waals surface area contributed by atoms with Gasteiger partial charge in [0.15, 0.2) is 0 Å². The molecule has 0 saturated heterocycles. The molecule has 0 N–H and O–H groups in total. The molecule has 0 aliphatic rings. The zero-order valence-electron chi connectivity index (χ0n) is 8.83. The zero-order chi connectivity index (χ0) is 11.4. The molecule has 0 aromatic carbocycles. The summed E-state index contributed by atoms with van der Waals surface area (Å²) in [5.74, 6) is -0.155. The Morgan fingerprint density at radius 1 is 1.38 bits per heavy atom. The molecule has 2 heterocycles. The summed E-state index contributed by atoms with van der Waals surface area (Å²) in [6, 6.07) is 3.59. The molecule has 0 saturated carbocycles. The summed E-state index contributed by atoms with van der Waals surface area (Å²) in [6.45, 7) is 2.10. The first kappa shape index (κ1) is 10.4. The van der Waals surface area contributed by atoms with Crippen LogP contribution >= 0.6 is 0 Å². The van der Waals surface area contributed by atoms with Gasteiger partial charge in [-0.25, -0.2) is 9.78 Å². The molecule has 0 unspecified atom stereocenters. The predicted molar refractivity (Wildman–Crippen MR) is 57.3 cm³/mol. The van der Waals surface area contributed by atoms with Crippen LogP contribution in [0.5, 0.6) is 0 Å². The first-order valence-electron chi connectivity index (χ1n) is 4.93. The monoisotopic (exact) mass is 217 g/mol. The maximum Gasteiger partial charge on any atom is 0.374 e. The number of rotatable bonds is 3. The fourth-order valence-corrected chi connectivity index (χ4v) is 1.36. The molecule has 2 aromatic heterocycles. The second-order valence-electron chi connectivity index (χ2n) is 3.05. The normalized spacial score (nSPS) is 10.1. The molecular weight excluding hydrogens is 206 g/mol. The molecule has 0 atom stereocenters. The molecule has 0 amide bonds. The third-order valence-electron chi connectivity index (χ3n) is 2.04. The van der Waals surface area contributed by atoms with Gasteiger partial charge >= 0.3 is 5.97 Å². The summed E-state index contributed by atoms with van der Waals surface area (Å²) in [5.41, 5.74) is 0.829. The Balaban J connectivity index is 2.37. The molecule has 5 heteroatoms. The molecule has 2 aromatic rings. The van der Waals surface area contributed by atoms with E-state index in [0.717, 1.165) is 5.69 Å². The van der Waals surface area contributed by atoms with E-state index >= 15 is 0 Å². The first-order valence-corrected chi connectivity index (χ1v) is 4.93. The van der Waals surface area contributed by atoms with Crippen LogP contribution in [0.25, 0.3) is 5.69 Å². The van der Waals surface area contributed by atoms with E-state index < -0.39 is 5.97 Å². The van der Waals surface area contributed by atoms with Crippen molar-refractivity contribution in [3.63, 3.8) is 0 Å². The molecule has 2 rings (SSSR count). The zero-order valence-corrected chi connectivity index (χ0v) is 8.83. The quantitative estimate of drug-likeness (QED) is 0.730. The Labute approximate surface area is 92.7 Å². The van der Waals surface area contributed by atoms with Crippen LogP contribution in [0.4, 0.5) is 0 Å². The van der Waals surface area contributed by atoms with Crippen molar-refractivity contribution in [2.45, 2.75) is 6.92 Å². The molecular formula is C11H11N3O2. The summed E-state index contributed by atoms with van der Waals surface area (Å²) in [5, 5.41) is 0. The fourth-order valence-electron chi connectivity index (χ4n) is 1.36. The van der Waals surface area contributed by atoms with E-state index in [9.17, 15) is 4.79 Å². The maximum atomic E-state index is 11.6. The largest absolute Gasteiger partial charge is 0.460 e. The van der Waals surface area contributed by atoms with Crippen LogP contribution in [0.3, 0.4) is 0 Å². The van der Waals surface area contributed by atoms with Crippen LogP contribution < -0.4 is 0 Å². The highest BCUT2D eigenvalue weighted by Gasteiger charge is 2.14. The van der Waals surface area contributed by atoms with Crippen LogP contribution in [0.2, 0.25) is 0 Å². The molecule has 82 valence electrons. The molecule has 5 nitrogen and oxygen atoms in total. The standard InChI is InChI=1S/C11H11N3O2/c1-2-16-11(15)10-13-7-8-14(10)9-3-5-12-6-4-9/h3-8H,2H2,1H3. The third kappa shape index (κ3) is 1.93.